The predicted molar refractivity (Wildman–Crippen MR) is 54.2 cm³/mol. The molecule has 0 saturated heterocycles. The second-order valence-corrected chi connectivity index (χ2v) is 3.75. The third kappa shape index (κ3) is 2.40. The van der Waals surface area contributed by atoms with E-state index in [1.54, 1.807) is 13.8 Å². The largest absolute Gasteiger partial charge is 0.475 e. The monoisotopic (exact) mass is 229 g/mol. The highest BCUT2D eigenvalue weighted by molar-refractivity contribution is 5.85. The summed E-state index contributed by atoms with van der Waals surface area (Å²) in [5.74, 6) is -1.15. The Balaban J connectivity index is 3.15. The number of aromatic nitrogens is 1. The average Bonchev–Trinajstić information content (AvgIpc) is 2.63. The fraction of sp³-hybridized carbons (Fsp3) is 0.600. The second kappa shape index (κ2) is 4.63. The fourth-order valence-electron chi connectivity index (χ4n) is 1.10. The van der Waals surface area contributed by atoms with Crippen molar-refractivity contribution in [2.75, 3.05) is 14.2 Å². The van der Waals surface area contributed by atoms with Crippen LogP contribution in [-0.4, -0.2) is 30.3 Å². The van der Waals surface area contributed by atoms with E-state index in [4.69, 9.17) is 19.0 Å². The number of carboxylic acids is 1. The van der Waals surface area contributed by atoms with E-state index in [9.17, 15) is 4.79 Å². The van der Waals surface area contributed by atoms with Crippen LogP contribution in [0.15, 0.2) is 4.42 Å². The van der Waals surface area contributed by atoms with Gasteiger partial charge in [0, 0.05) is 14.2 Å². The molecule has 1 heterocycles. The summed E-state index contributed by atoms with van der Waals surface area (Å²) in [7, 11) is 2.96. The molecule has 90 valence electrons. The molecule has 0 unspecified atom stereocenters. The van der Waals surface area contributed by atoms with Gasteiger partial charge in [-0.3, -0.25) is 0 Å². The van der Waals surface area contributed by atoms with Gasteiger partial charge in [-0.2, -0.15) is 0 Å². The van der Waals surface area contributed by atoms with Crippen molar-refractivity contribution in [3.05, 3.63) is 17.3 Å². The minimum atomic E-state index is -1.17. The van der Waals surface area contributed by atoms with Gasteiger partial charge in [-0.1, -0.05) is 0 Å². The summed E-state index contributed by atoms with van der Waals surface area (Å²) in [5.41, 5.74) is -0.508. The first kappa shape index (κ1) is 12.7. The van der Waals surface area contributed by atoms with Gasteiger partial charge in [-0.15, -0.1) is 0 Å². The number of ether oxygens (including phenoxy) is 2. The van der Waals surface area contributed by atoms with Crippen LogP contribution in [0.25, 0.3) is 0 Å². The summed E-state index contributed by atoms with van der Waals surface area (Å²) in [6.07, 6.45) is 0. The van der Waals surface area contributed by atoms with Crippen LogP contribution < -0.4 is 0 Å². The standard InChI is InChI=1S/C10H15NO5/c1-10(2,15-4)9-11-6(5-14-3)7(16-9)8(12)13/h5H2,1-4H3,(H,12,13). The van der Waals surface area contributed by atoms with E-state index in [0.717, 1.165) is 0 Å². The number of carbonyl (C=O) groups is 1. The minimum Gasteiger partial charge on any atom is -0.475 e. The SMILES string of the molecule is COCc1nc(C(C)(C)OC)oc1C(=O)O. The zero-order valence-corrected chi connectivity index (χ0v) is 9.73. The van der Waals surface area contributed by atoms with Crippen LogP contribution in [0.5, 0.6) is 0 Å². The number of methoxy groups -OCH3 is 2. The zero-order valence-electron chi connectivity index (χ0n) is 9.73. The van der Waals surface area contributed by atoms with Crippen molar-refractivity contribution in [3.8, 4) is 0 Å². The molecule has 16 heavy (non-hydrogen) atoms. The van der Waals surface area contributed by atoms with Crippen LogP contribution in [-0.2, 0) is 21.7 Å². The number of carboxylic acid groups (broad SMARTS) is 1. The number of aromatic carboxylic acids is 1. The van der Waals surface area contributed by atoms with E-state index in [0.29, 0.717) is 0 Å². The Morgan fingerprint density at radius 2 is 2.12 bits per heavy atom. The maximum Gasteiger partial charge on any atom is 0.373 e. The number of hydrogen-bond donors (Lipinski definition) is 1. The molecule has 0 aliphatic carbocycles. The number of oxazole rings is 1. The Morgan fingerprint density at radius 1 is 1.50 bits per heavy atom. The Morgan fingerprint density at radius 3 is 2.56 bits per heavy atom. The van der Waals surface area contributed by atoms with Crippen molar-refractivity contribution in [2.24, 2.45) is 0 Å². The van der Waals surface area contributed by atoms with E-state index in [1.807, 2.05) is 0 Å². The quantitative estimate of drug-likeness (QED) is 0.821. The zero-order chi connectivity index (χ0) is 12.3. The lowest BCUT2D eigenvalue weighted by molar-refractivity contribution is -0.00474. The highest BCUT2D eigenvalue weighted by atomic mass is 16.5. The van der Waals surface area contributed by atoms with Crippen molar-refractivity contribution in [1.82, 2.24) is 4.98 Å². The van der Waals surface area contributed by atoms with Crippen LogP contribution in [0.1, 0.15) is 36.0 Å². The van der Waals surface area contributed by atoms with Gasteiger partial charge in [0.1, 0.15) is 11.3 Å². The third-order valence-corrected chi connectivity index (χ3v) is 2.20. The van der Waals surface area contributed by atoms with Crippen molar-refractivity contribution in [1.29, 1.82) is 0 Å². The maximum atomic E-state index is 10.9. The van der Waals surface area contributed by atoms with Gasteiger partial charge in [0.15, 0.2) is 0 Å². The number of nitrogens with zero attached hydrogens (tertiary/aromatic N) is 1. The van der Waals surface area contributed by atoms with Crippen LogP contribution in [0.4, 0.5) is 0 Å². The Kier molecular flexibility index (Phi) is 3.66. The fourth-order valence-corrected chi connectivity index (χ4v) is 1.10. The number of rotatable bonds is 5. The highest BCUT2D eigenvalue weighted by Gasteiger charge is 2.30. The summed E-state index contributed by atoms with van der Waals surface area (Å²) in [6, 6.07) is 0. The summed E-state index contributed by atoms with van der Waals surface area (Å²) in [4.78, 5) is 15.0. The first-order valence-corrected chi connectivity index (χ1v) is 4.70. The molecule has 0 fully saturated rings. The van der Waals surface area contributed by atoms with Crippen molar-refractivity contribution in [3.63, 3.8) is 0 Å². The van der Waals surface area contributed by atoms with E-state index >= 15 is 0 Å². The maximum absolute atomic E-state index is 10.9. The molecule has 1 aromatic heterocycles. The molecule has 6 heteroatoms. The van der Waals surface area contributed by atoms with Gasteiger partial charge in [-0.05, 0) is 13.8 Å². The summed E-state index contributed by atoms with van der Waals surface area (Å²) >= 11 is 0. The Labute approximate surface area is 93.2 Å². The number of hydrogen-bond acceptors (Lipinski definition) is 5. The lowest BCUT2D eigenvalue weighted by Crippen LogP contribution is -2.19. The molecule has 1 N–H and O–H groups in total. The van der Waals surface area contributed by atoms with E-state index in [1.165, 1.54) is 14.2 Å². The van der Waals surface area contributed by atoms with Gasteiger partial charge in [0.2, 0.25) is 11.7 Å². The van der Waals surface area contributed by atoms with Crippen LogP contribution in [0.2, 0.25) is 0 Å². The smallest absolute Gasteiger partial charge is 0.373 e. The first-order chi connectivity index (χ1) is 7.42. The van der Waals surface area contributed by atoms with Crippen molar-refractivity contribution >= 4 is 5.97 Å². The molecule has 0 spiro atoms. The van der Waals surface area contributed by atoms with Gasteiger partial charge in [0.25, 0.3) is 0 Å². The average molecular weight is 229 g/mol. The van der Waals surface area contributed by atoms with Gasteiger partial charge in [0.05, 0.1) is 6.61 Å². The Bertz CT molecular complexity index is 383. The van der Waals surface area contributed by atoms with Crippen molar-refractivity contribution < 1.29 is 23.8 Å². The van der Waals surface area contributed by atoms with Crippen LogP contribution in [0, 0.1) is 0 Å². The minimum absolute atomic E-state index is 0.0882. The van der Waals surface area contributed by atoms with E-state index in [2.05, 4.69) is 4.98 Å². The van der Waals surface area contributed by atoms with Gasteiger partial charge < -0.3 is 19.0 Å². The van der Waals surface area contributed by atoms with Crippen LogP contribution in [0.3, 0.4) is 0 Å². The molecule has 0 aromatic carbocycles. The first-order valence-electron chi connectivity index (χ1n) is 4.70. The molecule has 1 aromatic rings. The summed E-state index contributed by atoms with van der Waals surface area (Å²) in [6.45, 7) is 3.56. The van der Waals surface area contributed by atoms with Gasteiger partial charge in [-0.25, -0.2) is 9.78 Å². The molecule has 0 atom stereocenters. The topological polar surface area (TPSA) is 81.8 Å². The molecule has 6 nitrogen and oxygen atoms in total. The highest BCUT2D eigenvalue weighted by Crippen LogP contribution is 2.25. The molecular weight excluding hydrogens is 214 g/mol. The molecule has 0 aliphatic heterocycles. The van der Waals surface area contributed by atoms with Crippen molar-refractivity contribution in [2.45, 2.75) is 26.1 Å². The van der Waals surface area contributed by atoms with E-state index < -0.39 is 11.6 Å². The molecule has 1 rings (SSSR count). The van der Waals surface area contributed by atoms with E-state index in [-0.39, 0.29) is 24.0 Å². The molecule has 0 amide bonds. The molecular formula is C10H15NO5. The summed E-state index contributed by atoms with van der Waals surface area (Å²) in [5, 5.41) is 8.91. The lowest BCUT2D eigenvalue weighted by Gasteiger charge is -2.17. The molecule has 0 saturated carbocycles. The van der Waals surface area contributed by atoms with Crippen LogP contribution >= 0.6 is 0 Å². The molecule has 0 radical (unpaired) electrons. The predicted octanol–water partition coefficient (Wildman–Crippen LogP) is 1.40. The molecule has 0 bridgehead atoms. The normalized spacial score (nSPS) is 11.8. The third-order valence-electron chi connectivity index (χ3n) is 2.20. The molecule has 0 aliphatic rings. The Hall–Kier alpha value is -1.40. The second-order valence-electron chi connectivity index (χ2n) is 3.75. The van der Waals surface area contributed by atoms with Gasteiger partial charge >= 0.3 is 5.97 Å². The lowest BCUT2D eigenvalue weighted by atomic mass is 10.1. The summed E-state index contributed by atoms with van der Waals surface area (Å²) < 4.78 is 15.2.